The number of aromatic nitrogens is 3. The SMILES string of the molecule is Cc1ccc(-c2cn3nc(N4CCCC(C(=O)NCCC(C)C)C4)sc3n2)cc1. The number of hydrogen-bond acceptors (Lipinski definition) is 5. The maximum absolute atomic E-state index is 12.5. The second-order valence-corrected chi connectivity index (χ2v) is 9.30. The van der Waals surface area contributed by atoms with Crippen molar-refractivity contribution in [2.45, 2.75) is 40.0 Å². The fourth-order valence-corrected chi connectivity index (χ4v) is 4.59. The first kappa shape index (κ1) is 19.9. The molecule has 0 saturated carbocycles. The first-order valence-electron chi connectivity index (χ1n) is 10.5. The molecule has 3 aromatic rings. The lowest BCUT2D eigenvalue weighted by molar-refractivity contribution is -0.125. The van der Waals surface area contributed by atoms with Crippen molar-refractivity contribution in [3.8, 4) is 11.3 Å². The maximum atomic E-state index is 12.5. The number of piperidine rings is 1. The zero-order valence-corrected chi connectivity index (χ0v) is 18.2. The van der Waals surface area contributed by atoms with Gasteiger partial charge in [-0.1, -0.05) is 55.0 Å². The number of aryl methyl sites for hydroxylation is 1. The number of carbonyl (C=O) groups is 1. The van der Waals surface area contributed by atoms with Crippen LogP contribution in [0.4, 0.5) is 5.13 Å². The smallest absolute Gasteiger partial charge is 0.224 e. The van der Waals surface area contributed by atoms with E-state index in [9.17, 15) is 4.79 Å². The van der Waals surface area contributed by atoms with E-state index in [2.05, 4.69) is 55.3 Å². The number of carbonyl (C=O) groups excluding carboxylic acids is 1. The minimum Gasteiger partial charge on any atom is -0.356 e. The summed E-state index contributed by atoms with van der Waals surface area (Å²) in [4.78, 5) is 20.4. The van der Waals surface area contributed by atoms with Crippen LogP contribution in [0.2, 0.25) is 0 Å². The Bertz CT molecular complexity index is 943. The molecule has 0 radical (unpaired) electrons. The van der Waals surface area contributed by atoms with Crippen LogP contribution in [-0.4, -0.2) is 40.1 Å². The van der Waals surface area contributed by atoms with E-state index in [0.29, 0.717) is 5.92 Å². The predicted octanol–water partition coefficient (Wildman–Crippen LogP) is 4.14. The molecule has 0 bridgehead atoms. The van der Waals surface area contributed by atoms with E-state index < -0.39 is 0 Å². The van der Waals surface area contributed by atoms with Gasteiger partial charge in [-0.2, -0.15) is 0 Å². The van der Waals surface area contributed by atoms with Gasteiger partial charge >= 0.3 is 0 Å². The number of amides is 1. The molecule has 4 rings (SSSR count). The molecule has 2 aromatic heterocycles. The van der Waals surface area contributed by atoms with E-state index in [1.165, 1.54) is 5.56 Å². The number of nitrogens with one attached hydrogen (secondary N) is 1. The summed E-state index contributed by atoms with van der Waals surface area (Å²) in [5, 5.41) is 8.80. The number of hydrogen-bond donors (Lipinski definition) is 1. The predicted molar refractivity (Wildman–Crippen MR) is 118 cm³/mol. The topological polar surface area (TPSA) is 62.5 Å². The third-order valence-electron chi connectivity index (χ3n) is 5.46. The molecule has 29 heavy (non-hydrogen) atoms. The maximum Gasteiger partial charge on any atom is 0.224 e. The summed E-state index contributed by atoms with van der Waals surface area (Å²) in [5.74, 6) is 0.822. The van der Waals surface area contributed by atoms with E-state index in [1.54, 1.807) is 11.3 Å². The molecule has 1 aromatic carbocycles. The van der Waals surface area contributed by atoms with Crippen molar-refractivity contribution < 1.29 is 4.79 Å². The normalized spacial score (nSPS) is 17.2. The Morgan fingerprint density at radius 2 is 2.10 bits per heavy atom. The summed E-state index contributed by atoms with van der Waals surface area (Å²) in [5.41, 5.74) is 3.28. The molecule has 1 N–H and O–H groups in total. The Labute approximate surface area is 175 Å². The zero-order valence-electron chi connectivity index (χ0n) is 17.4. The summed E-state index contributed by atoms with van der Waals surface area (Å²) in [6.45, 7) is 8.88. The minimum atomic E-state index is 0.0373. The summed E-state index contributed by atoms with van der Waals surface area (Å²) < 4.78 is 1.86. The molecule has 1 amide bonds. The molecular formula is C22H29N5OS. The van der Waals surface area contributed by atoms with Gasteiger partial charge in [-0.05, 0) is 32.1 Å². The highest BCUT2D eigenvalue weighted by Crippen LogP contribution is 2.29. The van der Waals surface area contributed by atoms with E-state index in [0.717, 1.165) is 60.2 Å². The third-order valence-corrected chi connectivity index (χ3v) is 6.45. The highest BCUT2D eigenvalue weighted by Gasteiger charge is 2.27. The van der Waals surface area contributed by atoms with Gasteiger partial charge in [0.15, 0.2) is 0 Å². The molecule has 0 spiro atoms. The fraction of sp³-hybridized carbons (Fsp3) is 0.500. The average molecular weight is 412 g/mol. The molecule has 1 atom stereocenters. The molecule has 0 aliphatic carbocycles. The van der Waals surface area contributed by atoms with Crippen LogP contribution in [0, 0.1) is 18.8 Å². The lowest BCUT2D eigenvalue weighted by atomic mass is 9.97. The minimum absolute atomic E-state index is 0.0373. The first-order valence-corrected chi connectivity index (χ1v) is 11.3. The molecule has 1 saturated heterocycles. The Hall–Kier alpha value is -2.41. The van der Waals surface area contributed by atoms with Crippen molar-refractivity contribution >= 4 is 27.3 Å². The van der Waals surface area contributed by atoms with Crippen molar-refractivity contribution in [2.75, 3.05) is 24.5 Å². The standard InChI is InChI=1S/C22H29N5OS/c1-15(2)10-11-23-20(28)18-5-4-12-26(13-18)22-25-27-14-19(24-21(27)29-22)17-8-6-16(3)7-9-17/h6-9,14-15,18H,4-5,10-13H2,1-3H3,(H,23,28). The van der Waals surface area contributed by atoms with Gasteiger partial charge in [-0.3, -0.25) is 4.79 Å². The van der Waals surface area contributed by atoms with Gasteiger partial charge < -0.3 is 10.2 Å². The van der Waals surface area contributed by atoms with Crippen LogP contribution in [-0.2, 0) is 4.79 Å². The highest BCUT2D eigenvalue weighted by molar-refractivity contribution is 7.20. The van der Waals surface area contributed by atoms with Crippen LogP contribution in [0.25, 0.3) is 16.2 Å². The van der Waals surface area contributed by atoms with Crippen LogP contribution in [0.5, 0.6) is 0 Å². The Morgan fingerprint density at radius 1 is 1.31 bits per heavy atom. The second-order valence-electron chi connectivity index (χ2n) is 8.36. The number of benzene rings is 1. The number of anilines is 1. The molecule has 1 unspecified atom stereocenters. The van der Waals surface area contributed by atoms with E-state index in [4.69, 9.17) is 10.1 Å². The molecule has 3 heterocycles. The van der Waals surface area contributed by atoms with Crippen molar-refractivity contribution in [3.63, 3.8) is 0 Å². The highest BCUT2D eigenvalue weighted by atomic mass is 32.1. The van der Waals surface area contributed by atoms with Gasteiger partial charge in [-0.15, -0.1) is 5.10 Å². The third kappa shape index (κ3) is 4.61. The summed E-state index contributed by atoms with van der Waals surface area (Å²) in [6.07, 6.45) is 4.97. The van der Waals surface area contributed by atoms with E-state index in [1.807, 2.05) is 10.7 Å². The number of rotatable bonds is 6. The summed E-state index contributed by atoms with van der Waals surface area (Å²) >= 11 is 1.59. The van der Waals surface area contributed by atoms with Crippen molar-refractivity contribution in [3.05, 3.63) is 36.0 Å². The van der Waals surface area contributed by atoms with Crippen LogP contribution in [0.15, 0.2) is 30.5 Å². The number of fused-ring (bicyclic) bond motifs is 1. The largest absolute Gasteiger partial charge is 0.356 e. The van der Waals surface area contributed by atoms with Crippen molar-refractivity contribution in [1.29, 1.82) is 0 Å². The lowest BCUT2D eigenvalue weighted by Crippen LogP contribution is -2.43. The molecule has 7 heteroatoms. The average Bonchev–Trinajstić information content (AvgIpc) is 3.28. The van der Waals surface area contributed by atoms with Crippen LogP contribution in [0.3, 0.4) is 0 Å². The van der Waals surface area contributed by atoms with Crippen LogP contribution in [0.1, 0.15) is 38.7 Å². The molecule has 1 aliphatic heterocycles. The zero-order chi connectivity index (χ0) is 20.4. The lowest BCUT2D eigenvalue weighted by Gasteiger charge is -2.31. The number of nitrogens with zero attached hydrogens (tertiary/aromatic N) is 4. The molecular weight excluding hydrogens is 382 g/mol. The van der Waals surface area contributed by atoms with Gasteiger partial charge in [0.05, 0.1) is 17.8 Å². The second kappa shape index (κ2) is 8.53. The van der Waals surface area contributed by atoms with Crippen LogP contribution < -0.4 is 10.2 Å². The van der Waals surface area contributed by atoms with E-state index in [-0.39, 0.29) is 11.8 Å². The van der Waals surface area contributed by atoms with Gasteiger partial charge in [0.25, 0.3) is 0 Å². The van der Waals surface area contributed by atoms with Crippen molar-refractivity contribution in [2.24, 2.45) is 11.8 Å². The molecule has 6 nitrogen and oxygen atoms in total. The van der Waals surface area contributed by atoms with E-state index >= 15 is 0 Å². The van der Waals surface area contributed by atoms with Gasteiger partial charge in [-0.25, -0.2) is 9.50 Å². The fourth-order valence-electron chi connectivity index (χ4n) is 3.67. The molecule has 1 aliphatic rings. The Morgan fingerprint density at radius 3 is 2.83 bits per heavy atom. The molecule has 1 fully saturated rings. The summed E-state index contributed by atoms with van der Waals surface area (Å²) in [6, 6.07) is 8.38. The molecule has 154 valence electrons. The van der Waals surface area contributed by atoms with Gasteiger partial charge in [0, 0.05) is 25.2 Å². The Kier molecular flexibility index (Phi) is 5.85. The quantitative estimate of drug-likeness (QED) is 0.662. The van der Waals surface area contributed by atoms with Gasteiger partial charge in [0.1, 0.15) is 0 Å². The first-order chi connectivity index (χ1) is 14.0. The van der Waals surface area contributed by atoms with Crippen molar-refractivity contribution in [1.82, 2.24) is 19.9 Å². The van der Waals surface area contributed by atoms with Crippen LogP contribution >= 0.6 is 11.3 Å². The van der Waals surface area contributed by atoms with Gasteiger partial charge in [0.2, 0.25) is 16.0 Å². The summed E-state index contributed by atoms with van der Waals surface area (Å²) in [7, 11) is 0. The Balaban J connectivity index is 1.43. The monoisotopic (exact) mass is 411 g/mol. The number of imidazole rings is 1.